The predicted molar refractivity (Wildman–Crippen MR) is 96.3 cm³/mol. The van der Waals surface area contributed by atoms with Crippen LogP contribution in [-0.2, 0) is 17.6 Å². The average Bonchev–Trinajstić information content (AvgIpc) is 2.78. The largest absolute Gasteiger partial charge is 0.497 e. The predicted octanol–water partition coefficient (Wildman–Crippen LogP) is 3.53. The third kappa shape index (κ3) is 3.41. The summed E-state index contributed by atoms with van der Waals surface area (Å²) in [6.07, 6.45) is 1.33. The summed E-state index contributed by atoms with van der Waals surface area (Å²) >= 11 is 0. The molecule has 3 rings (SSSR count). The summed E-state index contributed by atoms with van der Waals surface area (Å²) in [5, 5.41) is 1.12. The number of amides is 1. The minimum atomic E-state index is -0.232. The summed E-state index contributed by atoms with van der Waals surface area (Å²) in [6, 6.07) is 5.96. The molecule has 1 aliphatic heterocycles. The molecule has 1 aromatic carbocycles. The van der Waals surface area contributed by atoms with Crippen LogP contribution in [-0.4, -0.2) is 42.8 Å². The fraction of sp³-hybridized carbons (Fsp3) is 0.444. The van der Waals surface area contributed by atoms with Gasteiger partial charge >= 0.3 is 6.09 Å². The van der Waals surface area contributed by atoms with Crippen LogP contribution in [0.25, 0.3) is 10.9 Å². The molecule has 0 fully saturated rings. The normalized spacial score (nSPS) is 13.7. The van der Waals surface area contributed by atoms with Crippen molar-refractivity contribution >= 4 is 29.4 Å². The Kier molecular flexibility index (Phi) is 5.89. The lowest BCUT2D eigenvalue weighted by molar-refractivity contribution is 0.109. The number of ether oxygens (including phenoxy) is 2. The topological polar surface area (TPSA) is 51.7 Å². The van der Waals surface area contributed by atoms with E-state index in [2.05, 4.69) is 6.92 Å². The van der Waals surface area contributed by atoms with E-state index in [1.54, 1.807) is 12.0 Å². The molecule has 0 N–H and O–H groups in total. The highest BCUT2D eigenvalue weighted by Crippen LogP contribution is 2.28. The summed E-state index contributed by atoms with van der Waals surface area (Å²) in [5.74, 6) is 0.837. The number of hydrogen-bond acceptors (Lipinski definition) is 4. The van der Waals surface area contributed by atoms with Crippen molar-refractivity contribution in [3.63, 3.8) is 0 Å². The van der Waals surface area contributed by atoms with Gasteiger partial charge in [0.05, 0.1) is 19.2 Å². The summed E-state index contributed by atoms with van der Waals surface area (Å²) in [7, 11) is 1.67. The molecule has 6 heteroatoms. The van der Waals surface area contributed by atoms with Crippen LogP contribution in [0, 0.1) is 6.92 Å². The van der Waals surface area contributed by atoms with Gasteiger partial charge in [0, 0.05) is 30.6 Å². The molecule has 130 valence electrons. The lowest BCUT2D eigenvalue weighted by atomic mass is 9.98. The zero-order valence-corrected chi connectivity index (χ0v) is 15.1. The van der Waals surface area contributed by atoms with E-state index < -0.39 is 0 Å². The molecule has 0 bridgehead atoms. The van der Waals surface area contributed by atoms with Crippen LogP contribution < -0.4 is 4.74 Å². The number of nitrogens with zero attached hydrogens (tertiary/aromatic N) is 2. The van der Waals surface area contributed by atoms with Crippen LogP contribution in [0.2, 0.25) is 0 Å². The molecule has 24 heavy (non-hydrogen) atoms. The first-order valence-electron chi connectivity index (χ1n) is 8.01. The van der Waals surface area contributed by atoms with Gasteiger partial charge in [0.25, 0.3) is 0 Å². The van der Waals surface area contributed by atoms with Crippen molar-refractivity contribution in [2.75, 3.05) is 26.8 Å². The molecule has 0 saturated heterocycles. The Morgan fingerprint density at radius 3 is 2.75 bits per heavy atom. The van der Waals surface area contributed by atoms with E-state index in [-0.39, 0.29) is 18.5 Å². The van der Waals surface area contributed by atoms with E-state index in [9.17, 15) is 4.79 Å². The third-order valence-electron chi connectivity index (χ3n) is 4.44. The number of hydrogen-bond donors (Lipinski definition) is 0. The molecule has 0 unspecified atom stereocenters. The summed E-state index contributed by atoms with van der Waals surface area (Å²) in [5.41, 5.74) is 4.55. The van der Waals surface area contributed by atoms with Crippen LogP contribution >= 0.6 is 12.4 Å². The number of methoxy groups -OCH3 is 1. The molecule has 0 aliphatic carbocycles. The number of aryl methyl sites for hydroxylation is 1. The SMILES string of the molecule is CCOC(=O)N1CCc2nc3ccc(OC)cc3c(C)c2CC1.Cl. The molecule has 0 radical (unpaired) electrons. The zero-order valence-electron chi connectivity index (χ0n) is 14.3. The lowest BCUT2D eigenvalue weighted by Crippen LogP contribution is -2.33. The Bertz CT molecular complexity index is 749. The molecule has 0 saturated carbocycles. The minimum Gasteiger partial charge on any atom is -0.497 e. The minimum absolute atomic E-state index is 0. The van der Waals surface area contributed by atoms with Gasteiger partial charge in [-0.25, -0.2) is 4.79 Å². The maximum atomic E-state index is 12.0. The van der Waals surface area contributed by atoms with E-state index in [1.165, 1.54) is 11.1 Å². The molecule has 2 aromatic rings. The third-order valence-corrected chi connectivity index (χ3v) is 4.44. The van der Waals surface area contributed by atoms with E-state index in [1.807, 2.05) is 25.1 Å². The number of rotatable bonds is 2. The Balaban J connectivity index is 0.00000208. The Hall–Kier alpha value is -2.01. The van der Waals surface area contributed by atoms with Gasteiger partial charge in [0.15, 0.2) is 0 Å². The van der Waals surface area contributed by atoms with Crippen molar-refractivity contribution in [1.29, 1.82) is 0 Å². The monoisotopic (exact) mass is 350 g/mol. The molecule has 0 atom stereocenters. The van der Waals surface area contributed by atoms with Crippen LogP contribution in [0.3, 0.4) is 0 Å². The molecular formula is C18H23ClN2O3. The highest BCUT2D eigenvalue weighted by Gasteiger charge is 2.22. The van der Waals surface area contributed by atoms with Crippen molar-refractivity contribution in [2.45, 2.75) is 26.7 Å². The summed E-state index contributed by atoms with van der Waals surface area (Å²) in [6.45, 7) is 5.69. The Morgan fingerprint density at radius 2 is 2.04 bits per heavy atom. The fourth-order valence-electron chi connectivity index (χ4n) is 3.17. The first-order valence-corrected chi connectivity index (χ1v) is 8.01. The zero-order chi connectivity index (χ0) is 16.4. The van der Waals surface area contributed by atoms with Gasteiger partial charge in [0.1, 0.15) is 5.75 Å². The number of carbonyl (C=O) groups is 1. The number of fused-ring (bicyclic) bond motifs is 2. The highest BCUT2D eigenvalue weighted by molar-refractivity contribution is 5.85. The Morgan fingerprint density at radius 1 is 1.29 bits per heavy atom. The van der Waals surface area contributed by atoms with Crippen LogP contribution in [0.15, 0.2) is 18.2 Å². The number of pyridine rings is 1. The van der Waals surface area contributed by atoms with Crippen molar-refractivity contribution in [3.8, 4) is 5.75 Å². The van der Waals surface area contributed by atoms with Crippen LogP contribution in [0.5, 0.6) is 5.75 Å². The van der Waals surface area contributed by atoms with Gasteiger partial charge in [-0.05, 0) is 49.6 Å². The van der Waals surface area contributed by atoms with E-state index in [4.69, 9.17) is 14.5 Å². The first-order chi connectivity index (χ1) is 11.1. The first kappa shape index (κ1) is 18.3. The van der Waals surface area contributed by atoms with Gasteiger partial charge in [-0.2, -0.15) is 0 Å². The van der Waals surface area contributed by atoms with Crippen molar-refractivity contribution in [2.24, 2.45) is 0 Å². The molecule has 1 aliphatic rings. The lowest BCUT2D eigenvalue weighted by Gasteiger charge is -2.18. The molecule has 0 spiro atoms. The number of aromatic nitrogens is 1. The smallest absolute Gasteiger partial charge is 0.409 e. The van der Waals surface area contributed by atoms with Crippen LogP contribution in [0.1, 0.15) is 23.7 Å². The molecule has 5 nitrogen and oxygen atoms in total. The van der Waals surface area contributed by atoms with E-state index >= 15 is 0 Å². The standard InChI is InChI=1S/C18H22N2O3.ClH/c1-4-23-18(21)20-9-7-14-12(2)15-11-13(22-3)5-6-16(15)19-17(14)8-10-20;/h5-6,11H,4,7-10H2,1-3H3;1H. The fourth-order valence-corrected chi connectivity index (χ4v) is 3.17. The molecule has 1 aromatic heterocycles. The van der Waals surface area contributed by atoms with Gasteiger partial charge in [-0.1, -0.05) is 0 Å². The second-order valence-corrected chi connectivity index (χ2v) is 5.73. The maximum Gasteiger partial charge on any atom is 0.409 e. The van der Waals surface area contributed by atoms with E-state index in [0.29, 0.717) is 19.7 Å². The number of benzene rings is 1. The van der Waals surface area contributed by atoms with Gasteiger partial charge in [-0.15, -0.1) is 12.4 Å². The second-order valence-electron chi connectivity index (χ2n) is 5.73. The second kappa shape index (κ2) is 7.71. The maximum absolute atomic E-state index is 12.0. The van der Waals surface area contributed by atoms with Gasteiger partial charge in [0.2, 0.25) is 0 Å². The molecule has 2 heterocycles. The van der Waals surface area contributed by atoms with Gasteiger partial charge < -0.3 is 14.4 Å². The average molecular weight is 351 g/mol. The molecular weight excluding hydrogens is 328 g/mol. The Labute approximate surface area is 148 Å². The van der Waals surface area contributed by atoms with Crippen molar-refractivity contribution in [3.05, 3.63) is 35.0 Å². The summed E-state index contributed by atoms with van der Waals surface area (Å²) in [4.78, 5) is 18.6. The number of carbonyl (C=O) groups excluding carboxylic acids is 1. The number of halogens is 1. The highest BCUT2D eigenvalue weighted by atomic mass is 35.5. The van der Waals surface area contributed by atoms with Gasteiger partial charge in [-0.3, -0.25) is 4.98 Å². The van der Waals surface area contributed by atoms with E-state index in [0.717, 1.165) is 35.2 Å². The summed E-state index contributed by atoms with van der Waals surface area (Å²) < 4.78 is 10.4. The van der Waals surface area contributed by atoms with Crippen molar-refractivity contribution in [1.82, 2.24) is 9.88 Å². The quantitative estimate of drug-likeness (QED) is 0.831. The van der Waals surface area contributed by atoms with Crippen molar-refractivity contribution < 1.29 is 14.3 Å². The van der Waals surface area contributed by atoms with Crippen LogP contribution in [0.4, 0.5) is 4.79 Å². The molecule has 1 amide bonds.